The van der Waals surface area contributed by atoms with Crippen molar-refractivity contribution in [2.24, 2.45) is 0 Å². The molecule has 2 unspecified atom stereocenters. The number of benzene rings is 2. The number of aromatic nitrogens is 4. The number of aromatic amines is 1. The van der Waals surface area contributed by atoms with E-state index in [1.54, 1.807) is 0 Å². The van der Waals surface area contributed by atoms with Crippen molar-refractivity contribution in [3.05, 3.63) is 65.9 Å². The fourth-order valence-corrected chi connectivity index (χ4v) is 5.12. The molecular formula is C26H29N5O2S. The van der Waals surface area contributed by atoms with Gasteiger partial charge in [-0.15, -0.1) is 10.2 Å². The Hall–Kier alpha value is -3.10. The van der Waals surface area contributed by atoms with E-state index in [2.05, 4.69) is 56.3 Å². The number of H-pyrrole nitrogens is 1. The molecule has 1 fully saturated rings. The average Bonchev–Trinajstić information content (AvgIpc) is 3.60. The molecule has 3 heterocycles. The van der Waals surface area contributed by atoms with E-state index in [-0.39, 0.29) is 17.3 Å². The van der Waals surface area contributed by atoms with E-state index in [0.717, 1.165) is 52.5 Å². The summed E-state index contributed by atoms with van der Waals surface area (Å²) in [4.78, 5) is 16.2. The summed E-state index contributed by atoms with van der Waals surface area (Å²) in [7, 11) is 0. The van der Waals surface area contributed by atoms with Gasteiger partial charge in [0.2, 0.25) is 5.91 Å². The zero-order chi connectivity index (χ0) is 23.5. The number of carbonyl (C=O) groups excluding carboxylic acids is 1. The number of rotatable bonds is 8. The van der Waals surface area contributed by atoms with Gasteiger partial charge in [0, 0.05) is 35.8 Å². The number of para-hydroxylation sites is 1. The van der Waals surface area contributed by atoms with E-state index in [1.165, 1.54) is 17.3 Å². The highest BCUT2D eigenvalue weighted by Crippen LogP contribution is 2.32. The maximum absolute atomic E-state index is 12.8. The minimum Gasteiger partial charge on any atom is -0.376 e. The first kappa shape index (κ1) is 22.7. The molecule has 176 valence electrons. The second-order valence-electron chi connectivity index (χ2n) is 8.76. The minimum atomic E-state index is -0.311. The summed E-state index contributed by atoms with van der Waals surface area (Å²) < 4.78 is 8.03. The van der Waals surface area contributed by atoms with Gasteiger partial charge in [-0.05, 0) is 38.3 Å². The van der Waals surface area contributed by atoms with E-state index in [0.29, 0.717) is 13.1 Å². The molecule has 5 rings (SSSR count). The highest BCUT2D eigenvalue weighted by Gasteiger charge is 2.25. The van der Waals surface area contributed by atoms with Crippen molar-refractivity contribution in [3.8, 4) is 11.4 Å². The molecule has 0 bridgehead atoms. The van der Waals surface area contributed by atoms with Crippen molar-refractivity contribution in [1.29, 1.82) is 0 Å². The maximum Gasteiger partial charge on any atom is 0.233 e. The van der Waals surface area contributed by atoms with Crippen LogP contribution in [0.5, 0.6) is 0 Å². The van der Waals surface area contributed by atoms with E-state index >= 15 is 0 Å². The molecule has 2 aromatic heterocycles. The van der Waals surface area contributed by atoms with Crippen molar-refractivity contribution in [2.45, 2.75) is 56.3 Å². The Morgan fingerprint density at radius 1 is 1.24 bits per heavy atom. The zero-order valence-electron chi connectivity index (χ0n) is 19.5. The highest BCUT2D eigenvalue weighted by molar-refractivity contribution is 8.00. The monoisotopic (exact) mass is 475 g/mol. The van der Waals surface area contributed by atoms with Crippen molar-refractivity contribution < 1.29 is 9.53 Å². The van der Waals surface area contributed by atoms with Crippen molar-refractivity contribution >= 4 is 28.6 Å². The van der Waals surface area contributed by atoms with Crippen LogP contribution in [0.3, 0.4) is 0 Å². The lowest BCUT2D eigenvalue weighted by atomic mass is 10.1. The molecule has 4 aromatic rings. The number of nitrogens with zero attached hydrogens (tertiary/aromatic N) is 3. The Bertz CT molecular complexity index is 1270. The number of ether oxygens (including phenoxy) is 1. The fourth-order valence-electron chi connectivity index (χ4n) is 4.24. The van der Waals surface area contributed by atoms with Crippen molar-refractivity contribution in [3.63, 3.8) is 0 Å². The van der Waals surface area contributed by atoms with Gasteiger partial charge in [0.05, 0.1) is 17.9 Å². The molecule has 2 N–H and O–H groups in total. The molecule has 0 radical (unpaired) electrons. The van der Waals surface area contributed by atoms with E-state index in [4.69, 9.17) is 4.74 Å². The maximum atomic E-state index is 12.8. The number of thioether (sulfide) groups is 1. The van der Waals surface area contributed by atoms with Gasteiger partial charge in [0.15, 0.2) is 11.0 Å². The second-order valence-corrected chi connectivity index (χ2v) is 10.1. The van der Waals surface area contributed by atoms with Crippen LogP contribution in [-0.2, 0) is 22.6 Å². The lowest BCUT2D eigenvalue weighted by Gasteiger charge is -2.16. The predicted molar refractivity (Wildman–Crippen MR) is 135 cm³/mol. The van der Waals surface area contributed by atoms with Gasteiger partial charge in [-0.1, -0.05) is 59.8 Å². The Morgan fingerprint density at radius 3 is 2.85 bits per heavy atom. The summed E-state index contributed by atoms with van der Waals surface area (Å²) in [6.07, 6.45) is 4.19. The molecule has 0 saturated carbocycles. The Kier molecular flexibility index (Phi) is 6.69. The Labute approximate surface area is 203 Å². The summed E-state index contributed by atoms with van der Waals surface area (Å²) >= 11 is 1.43. The third kappa shape index (κ3) is 4.88. The second kappa shape index (κ2) is 10.0. The van der Waals surface area contributed by atoms with Gasteiger partial charge >= 0.3 is 0 Å². The fraction of sp³-hybridized carbons (Fsp3) is 0.346. The lowest BCUT2D eigenvalue weighted by molar-refractivity contribution is -0.120. The number of hydrogen-bond acceptors (Lipinski definition) is 5. The van der Waals surface area contributed by atoms with Crippen LogP contribution in [0.2, 0.25) is 0 Å². The van der Waals surface area contributed by atoms with Crippen LogP contribution in [-0.4, -0.2) is 43.6 Å². The molecule has 0 aliphatic carbocycles. The minimum absolute atomic E-state index is 0.0223. The quantitative estimate of drug-likeness (QED) is 0.361. The molecular weight excluding hydrogens is 446 g/mol. The number of carbonyl (C=O) groups is 1. The largest absolute Gasteiger partial charge is 0.376 e. The van der Waals surface area contributed by atoms with E-state index in [9.17, 15) is 4.79 Å². The van der Waals surface area contributed by atoms with E-state index in [1.807, 2.05) is 37.4 Å². The first-order chi connectivity index (χ1) is 16.6. The van der Waals surface area contributed by atoms with Crippen LogP contribution in [0.25, 0.3) is 22.3 Å². The van der Waals surface area contributed by atoms with Crippen LogP contribution in [0, 0.1) is 6.92 Å². The summed E-state index contributed by atoms with van der Waals surface area (Å²) in [5.74, 6) is 0.772. The van der Waals surface area contributed by atoms with Crippen LogP contribution in [0.15, 0.2) is 59.9 Å². The SMILES string of the molecule is Cc1ccc(CNC(=O)C(C)Sc2nnc(-c3c[nH]c4ccccc34)n2CC2CCCO2)cc1. The van der Waals surface area contributed by atoms with Crippen LogP contribution in [0.1, 0.15) is 30.9 Å². The van der Waals surface area contributed by atoms with Crippen LogP contribution in [0.4, 0.5) is 0 Å². The summed E-state index contributed by atoms with van der Waals surface area (Å²) in [6.45, 7) is 5.93. The number of aryl methyl sites for hydroxylation is 1. The van der Waals surface area contributed by atoms with Crippen molar-refractivity contribution in [1.82, 2.24) is 25.1 Å². The molecule has 2 atom stereocenters. The summed E-state index contributed by atoms with van der Waals surface area (Å²) in [6, 6.07) is 16.4. The number of amides is 1. The molecule has 0 spiro atoms. The lowest BCUT2D eigenvalue weighted by Crippen LogP contribution is -2.30. The molecule has 1 aliphatic heterocycles. The first-order valence-corrected chi connectivity index (χ1v) is 12.6. The number of hydrogen-bond donors (Lipinski definition) is 2. The van der Waals surface area contributed by atoms with Crippen molar-refractivity contribution in [2.75, 3.05) is 6.61 Å². The average molecular weight is 476 g/mol. The zero-order valence-corrected chi connectivity index (χ0v) is 20.3. The number of nitrogens with one attached hydrogen (secondary N) is 2. The molecule has 1 aliphatic rings. The Balaban J connectivity index is 1.36. The Morgan fingerprint density at radius 2 is 2.06 bits per heavy atom. The third-order valence-corrected chi connectivity index (χ3v) is 7.28. The van der Waals surface area contributed by atoms with Gasteiger partial charge in [-0.25, -0.2) is 0 Å². The molecule has 1 amide bonds. The van der Waals surface area contributed by atoms with Gasteiger partial charge < -0.3 is 15.0 Å². The number of fused-ring (bicyclic) bond motifs is 1. The van der Waals surface area contributed by atoms with Gasteiger partial charge in [-0.3, -0.25) is 9.36 Å². The highest BCUT2D eigenvalue weighted by atomic mass is 32.2. The van der Waals surface area contributed by atoms with Gasteiger partial charge in [-0.2, -0.15) is 0 Å². The predicted octanol–water partition coefficient (Wildman–Crippen LogP) is 4.71. The van der Waals surface area contributed by atoms with E-state index < -0.39 is 0 Å². The summed E-state index contributed by atoms with van der Waals surface area (Å²) in [5, 5.41) is 13.6. The van der Waals surface area contributed by atoms with Crippen LogP contribution >= 0.6 is 11.8 Å². The summed E-state index contributed by atoms with van der Waals surface area (Å²) in [5.41, 5.74) is 4.35. The normalized spacial score (nSPS) is 16.7. The molecule has 8 heteroatoms. The smallest absolute Gasteiger partial charge is 0.233 e. The van der Waals surface area contributed by atoms with Gasteiger partial charge in [0.25, 0.3) is 0 Å². The topological polar surface area (TPSA) is 84.8 Å². The van der Waals surface area contributed by atoms with Gasteiger partial charge in [0.1, 0.15) is 0 Å². The van der Waals surface area contributed by atoms with Crippen LogP contribution < -0.4 is 5.32 Å². The molecule has 2 aromatic carbocycles. The molecule has 7 nitrogen and oxygen atoms in total. The standard InChI is InChI=1S/C26H29N5O2S/c1-17-9-11-19(12-10-17)14-28-25(32)18(2)34-26-30-29-24(31(26)16-20-6-5-13-33-20)22-15-27-23-8-4-3-7-21(22)23/h3-4,7-12,15,18,20,27H,5-6,13-14,16H2,1-2H3,(H,28,32). The third-order valence-electron chi connectivity index (χ3n) is 6.20. The molecule has 34 heavy (non-hydrogen) atoms. The first-order valence-electron chi connectivity index (χ1n) is 11.7. The molecule has 1 saturated heterocycles.